The van der Waals surface area contributed by atoms with Gasteiger partial charge in [-0.3, -0.25) is 4.79 Å². The number of carbonyl (C=O) groups is 1. The molecule has 0 bridgehead atoms. The van der Waals surface area contributed by atoms with E-state index in [0.29, 0.717) is 46.5 Å². The number of ether oxygens (including phenoxy) is 2. The van der Waals surface area contributed by atoms with E-state index < -0.39 is 5.82 Å². The summed E-state index contributed by atoms with van der Waals surface area (Å²) >= 11 is 6.19. The quantitative estimate of drug-likeness (QED) is 0.647. The van der Waals surface area contributed by atoms with E-state index in [1.165, 1.54) is 18.5 Å². The van der Waals surface area contributed by atoms with Crippen molar-refractivity contribution in [2.45, 2.75) is 6.54 Å². The minimum absolute atomic E-state index is 0.201. The molecule has 1 aliphatic rings. The van der Waals surface area contributed by atoms with E-state index in [4.69, 9.17) is 21.1 Å². The Morgan fingerprint density at radius 2 is 2.14 bits per heavy atom. The molecule has 2 aromatic carbocycles. The molecular weight excluding hydrogens is 397 g/mol. The van der Waals surface area contributed by atoms with E-state index in [2.05, 4.69) is 10.3 Å². The Morgan fingerprint density at radius 1 is 1.28 bits per heavy atom. The number of fused-ring (bicyclic) bond motifs is 1. The molecule has 1 N–H and O–H groups in total. The predicted molar refractivity (Wildman–Crippen MR) is 107 cm³/mol. The first-order valence-electron chi connectivity index (χ1n) is 8.92. The van der Waals surface area contributed by atoms with Crippen LogP contribution in [0.25, 0.3) is 11.8 Å². The van der Waals surface area contributed by atoms with Gasteiger partial charge in [0, 0.05) is 25.0 Å². The van der Waals surface area contributed by atoms with E-state index in [-0.39, 0.29) is 12.5 Å². The van der Waals surface area contributed by atoms with Crippen LogP contribution in [0.3, 0.4) is 0 Å². The number of carbonyl (C=O) groups excluding carboxylic acids is 1. The van der Waals surface area contributed by atoms with Crippen molar-refractivity contribution in [2.24, 2.45) is 0 Å². The number of rotatable bonds is 5. The van der Waals surface area contributed by atoms with Gasteiger partial charge in [0.15, 0.2) is 11.5 Å². The molecule has 1 aromatic heterocycles. The highest BCUT2D eigenvalue weighted by molar-refractivity contribution is 6.32. The molecule has 0 aliphatic carbocycles. The van der Waals surface area contributed by atoms with Gasteiger partial charge in [-0.15, -0.1) is 0 Å². The average Bonchev–Trinajstić information content (AvgIpc) is 3.25. The Hall–Kier alpha value is -3.32. The molecule has 1 amide bonds. The lowest BCUT2D eigenvalue weighted by Gasteiger charge is -2.19. The van der Waals surface area contributed by atoms with Gasteiger partial charge >= 0.3 is 0 Å². The van der Waals surface area contributed by atoms with Crippen molar-refractivity contribution in [2.75, 3.05) is 13.2 Å². The lowest BCUT2D eigenvalue weighted by molar-refractivity contribution is -0.116. The highest BCUT2D eigenvalue weighted by Crippen LogP contribution is 2.38. The fraction of sp³-hybridized carbons (Fsp3) is 0.143. The van der Waals surface area contributed by atoms with Gasteiger partial charge in [-0.2, -0.15) is 0 Å². The molecule has 0 atom stereocenters. The third kappa shape index (κ3) is 4.41. The number of hydrogen-bond acceptors (Lipinski definition) is 4. The molecule has 0 saturated carbocycles. The van der Waals surface area contributed by atoms with Crippen LogP contribution in [0.5, 0.6) is 11.5 Å². The Bertz CT molecular complexity index is 1070. The maximum Gasteiger partial charge on any atom is 0.244 e. The number of nitrogens with zero attached hydrogens (tertiary/aromatic N) is 2. The summed E-state index contributed by atoms with van der Waals surface area (Å²) in [6.07, 6.45) is 7.78. The summed E-state index contributed by atoms with van der Waals surface area (Å²) in [4.78, 5) is 16.0. The second kappa shape index (κ2) is 8.36. The van der Waals surface area contributed by atoms with Crippen LogP contribution < -0.4 is 14.8 Å². The van der Waals surface area contributed by atoms with Crippen molar-refractivity contribution in [3.8, 4) is 17.2 Å². The van der Waals surface area contributed by atoms with E-state index in [1.807, 2.05) is 0 Å². The van der Waals surface area contributed by atoms with Gasteiger partial charge in [0.05, 0.1) is 17.0 Å². The molecule has 0 saturated heterocycles. The SMILES string of the molecule is O=C(/C=C/c1cc(Cl)c2c(c1)OCCO2)NCc1ccc(-n2ccnc2)c(F)c1. The summed E-state index contributed by atoms with van der Waals surface area (Å²) in [5, 5.41) is 3.15. The monoisotopic (exact) mass is 413 g/mol. The number of halogens is 2. The summed E-state index contributed by atoms with van der Waals surface area (Å²) < 4.78 is 26.8. The minimum Gasteiger partial charge on any atom is -0.486 e. The number of benzene rings is 2. The van der Waals surface area contributed by atoms with E-state index >= 15 is 0 Å². The second-order valence-electron chi connectivity index (χ2n) is 6.33. The van der Waals surface area contributed by atoms with E-state index in [0.717, 1.165) is 0 Å². The van der Waals surface area contributed by atoms with Gasteiger partial charge in [-0.1, -0.05) is 17.7 Å². The Kier molecular flexibility index (Phi) is 5.48. The van der Waals surface area contributed by atoms with E-state index in [9.17, 15) is 9.18 Å². The molecule has 0 unspecified atom stereocenters. The second-order valence-corrected chi connectivity index (χ2v) is 6.74. The lowest BCUT2D eigenvalue weighted by Crippen LogP contribution is -2.20. The minimum atomic E-state index is -0.392. The number of hydrogen-bond donors (Lipinski definition) is 1. The zero-order valence-corrected chi connectivity index (χ0v) is 16.0. The van der Waals surface area contributed by atoms with Crippen LogP contribution in [0.1, 0.15) is 11.1 Å². The third-order valence-corrected chi connectivity index (χ3v) is 4.59. The summed E-state index contributed by atoms with van der Waals surface area (Å²) in [5.41, 5.74) is 1.76. The molecule has 0 spiro atoms. The summed E-state index contributed by atoms with van der Waals surface area (Å²) in [6.45, 7) is 1.10. The van der Waals surface area contributed by atoms with Gasteiger partial charge in [-0.05, 0) is 41.5 Å². The molecule has 8 heteroatoms. The van der Waals surface area contributed by atoms with Crippen LogP contribution in [-0.2, 0) is 11.3 Å². The summed E-state index contributed by atoms with van der Waals surface area (Å²) in [5.74, 6) is 0.365. The standard InChI is InChI=1S/C21H17ClFN3O3/c22-16-9-14(11-19-21(16)29-8-7-28-19)2-4-20(27)25-12-15-1-3-18(17(23)10-15)26-6-5-24-13-26/h1-6,9-11,13H,7-8,12H2,(H,25,27)/b4-2+. The molecule has 0 radical (unpaired) electrons. The highest BCUT2D eigenvalue weighted by Gasteiger charge is 2.16. The van der Waals surface area contributed by atoms with Crippen molar-refractivity contribution < 1.29 is 18.7 Å². The fourth-order valence-corrected chi connectivity index (χ4v) is 3.19. The Balaban J connectivity index is 1.38. The van der Waals surface area contributed by atoms with Crippen molar-refractivity contribution in [1.29, 1.82) is 0 Å². The molecule has 1 aliphatic heterocycles. The molecule has 148 valence electrons. The first kappa shape index (κ1) is 19.0. The van der Waals surface area contributed by atoms with Crippen LogP contribution in [0, 0.1) is 5.82 Å². The van der Waals surface area contributed by atoms with Gasteiger partial charge in [0.1, 0.15) is 19.0 Å². The van der Waals surface area contributed by atoms with Gasteiger partial charge in [0.25, 0.3) is 0 Å². The first-order valence-corrected chi connectivity index (χ1v) is 9.30. The van der Waals surface area contributed by atoms with Gasteiger partial charge < -0.3 is 19.4 Å². The normalized spacial score (nSPS) is 12.9. The zero-order chi connectivity index (χ0) is 20.2. The molecule has 2 heterocycles. The van der Waals surface area contributed by atoms with Crippen LogP contribution >= 0.6 is 11.6 Å². The summed E-state index contributed by atoms with van der Waals surface area (Å²) in [6, 6.07) is 8.24. The molecule has 6 nitrogen and oxygen atoms in total. The van der Waals surface area contributed by atoms with Crippen molar-refractivity contribution >= 4 is 23.6 Å². The van der Waals surface area contributed by atoms with E-state index in [1.54, 1.807) is 47.3 Å². The zero-order valence-electron chi connectivity index (χ0n) is 15.3. The van der Waals surface area contributed by atoms with Crippen LogP contribution in [0.2, 0.25) is 5.02 Å². The molecule has 29 heavy (non-hydrogen) atoms. The van der Waals surface area contributed by atoms with Crippen LogP contribution in [0.4, 0.5) is 4.39 Å². The predicted octanol–water partition coefficient (Wildman–Crippen LogP) is 3.77. The number of nitrogens with one attached hydrogen (secondary N) is 1. The third-order valence-electron chi connectivity index (χ3n) is 4.31. The molecule has 4 rings (SSSR count). The highest BCUT2D eigenvalue weighted by atomic mass is 35.5. The van der Waals surface area contributed by atoms with Gasteiger partial charge in [0.2, 0.25) is 5.91 Å². The maximum atomic E-state index is 14.3. The van der Waals surface area contributed by atoms with Crippen LogP contribution in [0.15, 0.2) is 55.1 Å². The van der Waals surface area contributed by atoms with Crippen molar-refractivity contribution in [3.63, 3.8) is 0 Å². The lowest BCUT2D eigenvalue weighted by atomic mass is 10.1. The number of imidazole rings is 1. The fourth-order valence-electron chi connectivity index (χ4n) is 2.92. The Morgan fingerprint density at radius 3 is 2.93 bits per heavy atom. The largest absolute Gasteiger partial charge is 0.486 e. The maximum absolute atomic E-state index is 14.3. The van der Waals surface area contributed by atoms with Crippen molar-refractivity contribution in [3.05, 3.63) is 77.1 Å². The van der Waals surface area contributed by atoms with Crippen LogP contribution in [-0.4, -0.2) is 28.7 Å². The smallest absolute Gasteiger partial charge is 0.244 e. The number of amides is 1. The van der Waals surface area contributed by atoms with Crippen molar-refractivity contribution in [1.82, 2.24) is 14.9 Å². The van der Waals surface area contributed by atoms with Gasteiger partial charge in [-0.25, -0.2) is 9.37 Å². The first-order chi connectivity index (χ1) is 14.1. The molecule has 0 fully saturated rings. The Labute approximate surface area is 171 Å². The number of aromatic nitrogens is 2. The molecule has 3 aromatic rings. The average molecular weight is 414 g/mol. The summed E-state index contributed by atoms with van der Waals surface area (Å²) in [7, 11) is 0. The topological polar surface area (TPSA) is 65.4 Å². The molecular formula is C21H17ClFN3O3.